The van der Waals surface area contributed by atoms with Gasteiger partial charge in [-0.15, -0.1) is 0 Å². The average molecular weight is 343 g/mol. The fraction of sp³-hybridized carbons (Fsp3) is 0.182. The number of nitrogens with zero attached hydrogens (tertiary/aromatic N) is 2. The third-order valence-electron chi connectivity index (χ3n) is 4.58. The predicted octanol–water partition coefficient (Wildman–Crippen LogP) is 4.17. The van der Waals surface area contributed by atoms with Gasteiger partial charge in [0.05, 0.1) is 17.7 Å². The quantitative estimate of drug-likeness (QED) is 0.756. The third-order valence-corrected chi connectivity index (χ3v) is 4.58. The Kier molecular flexibility index (Phi) is 5.31. The number of likely N-dealkylation sites (N-methyl/N-ethyl adjacent to an activating group) is 1. The molecule has 0 aliphatic rings. The summed E-state index contributed by atoms with van der Waals surface area (Å²) in [5.41, 5.74) is 2.46. The van der Waals surface area contributed by atoms with E-state index in [4.69, 9.17) is 5.26 Å². The first kappa shape index (κ1) is 17.7. The van der Waals surface area contributed by atoms with Crippen molar-refractivity contribution in [2.24, 2.45) is 0 Å². The molecule has 0 saturated heterocycles. The molecule has 0 spiro atoms. The maximum Gasteiger partial charge on any atom is 0.241 e. The van der Waals surface area contributed by atoms with Gasteiger partial charge in [0.25, 0.3) is 0 Å². The Labute approximate surface area is 153 Å². The zero-order valence-corrected chi connectivity index (χ0v) is 14.9. The SMILES string of the molecule is CC(C(=O)Nc1cccc2ccccc12)N(C)Cc1cccc(C#N)c1. The van der Waals surface area contributed by atoms with E-state index in [2.05, 4.69) is 11.4 Å². The molecule has 1 amide bonds. The topological polar surface area (TPSA) is 56.1 Å². The number of carbonyl (C=O) groups excluding carboxylic acids is 1. The third kappa shape index (κ3) is 3.90. The first-order valence-electron chi connectivity index (χ1n) is 8.56. The van der Waals surface area contributed by atoms with Crippen molar-refractivity contribution in [2.45, 2.75) is 19.5 Å². The molecular weight excluding hydrogens is 322 g/mol. The molecule has 0 saturated carbocycles. The first-order valence-corrected chi connectivity index (χ1v) is 8.56. The van der Waals surface area contributed by atoms with Crippen LogP contribution in [0, 0.1) is 11.3 Å². The summed E-state index contributed by atoms with van der Waals surface area (Å²) in [6.45, 7) is 2.48. The van der Waals surface area contributed by atoms with E-state index in [1.165, 1.54) is 0 Å². The maximum absolute atomic E-state index is 12.7. The van der Waals surface area contributed by atoms with Gasteiger partial charge in [0.15, 0.2) is 0 Å². The Morgan fingerprint density at radius 3 is 2.65 bits per heavy atom. The number of fused-ring (bicyclic) bond motifs is 1. The highest BCUT2D eigenvalue weighted by Crippen LogP contribution is 2.23. The molecule has 0 radical (unpaired) electrons. The minimum absolute atomic E-state index is 0.0553. The Bertz CT molecular complexity index is 969. The fourth-order valence-electron chi connectivity index (χ4n) is 2.94. The first-order chi connectivity index (χ1) is 12.6. The van der Waals surface area contributed by atoms with Crippen LogP contribution < -0.4 is 5.32 Å². The molecule has 4 heteroatoms. The summed E-state index contributed by atoms with van der Waals surface area (Å²) in [6, 6.07) is 23.2. The van der Waals surface area contributed by atoms with Crippen molar-refractivity contribution in [1.82, 2.24) is 4.90 Å². The van der Waals surface area contributed by atoms with Gasteiger partial charge in [0.2, 0.25) is 5.91 Å². The molecule has 0 aromatic heterocycles. The van der Waals surface area contributed by atoms with E-state index in [1.54, 1.807) is 6.07 Å². The van der Waals surface area contributed by atoms with Crippen LogP contribution in [0.4, 0.5) is 5.69 Å². The number of benzene rings is 3. The highest BCUT2D eigenvalue weighted by atomic mass is 16.2. The Morgan fingerprint density at radius 2 is 1.85 bits per heavy atom. The van der Waals surface area contributed by atoms with Crippen LogP contribution in [0.15, 0.2) is 66.7 Å². The van der Waals surface area contributed by atoms with Crippen LogP contribution in [0.2, 0.25) is 0 Å². The molecule has 3 rings (SSSR count). The van der Waals surface area contributed by atoms with Gasteiger partial charge in [0.1, 0.15) is 0 Å². The Hall–Kier alpha value is -3.16. The van der Waals surface area contributed by atoms with E-state index < -0.39 is 0 Å². The molecule has 3 aromatic rings. The van der Waals surface area contributed by atoms with Crippen LogP contribution in [-0.4, -0.2) is 23.9 Å². The summed E-state index contributed by atoms with van der Waals surface area (Å²) in [6.07, 6.45) is 0. The lowest BCUT2D eigenvalue weighted by atomic mass is 10.1. The summed E-state index contributed by atoms with van der Waals surface area (Å²) in [7, 11) is 1.91. The smallest absolute Gasteiger partial charge is 0.241 e. The molecule has 0 aliphatic carbocycles. The highest BCUT2D eigenvalue weighted by Gasteiger charge is 2.19. The van der Waals surface area contributed by atoms with Gasteiger partial charge >= 0.3 is 0 Å². The number of nitrogens with one attached hydrogen (secondary N) is 1. The molecule has 1 unspecified atom stereocenters. The molecule has 1 atom stereocenters. The van der Waals surface area contributed by atoms with E-state index in [1.807, 2.05) is 79.5 Å². The summed E-state index contributed by atoms with van der Waals surface area (Å²) in [4.78, 5) is 14.7. The number of anilines is 1. The van der Waals surface area contributed by atoms with Crippen LogP contribution >= 0.6 is 0 Å². The molecule has 0 heterocycles. The largest absolute Gasteiger partial charge is 0.324 e. The van der Waals surface area contributed by atoms with Crippen LogP contribution in [0.25, 0.3) is 10.8 Å². The van der Waals surface area contributed by atoms with E-state index in [0.717, 1.165) is 22.0 Å². The number of hydrogen-bond acceptors (Lipinski definition) is 3. The predicted molar refractivity (Wildman–Crippen MR) is 105 cm³/mol. The summed E-state index contributed by atoms with van der Waals surface area (Å²) in [5, 5.41) is 14.2. The summed E-state index contributed by atoms with van der Waals surface area (Å²) in [5.74, 6) is -0.0553. The fourth-order valence-corrected chi connectivity index (χ4v) is 2.94. The monoisotopic (exact) mass is 343 g/mol. The van der Waals surface area contributed by atoms with Gasteiger partial charge in [-0.2, -0.15) is 5.26 Å². The van der Waals surface area contributed by atoms with E-state index in [0.29, 0.717) is 12.1 Å². The zero-order chi connectivity index (χ0) is 18.5. The number of carbonyl (C=O) groups is 1. The lowest BCUT2D eigenvalue weighted by Gasteiger charge is -2.24. The van der Waals surface area contributed by atoms with Crippen LogP contribution in [-0.2, 0) is 11.3 Å². The molecule has 4 nitrogen and oxygen atoms in total. The normalized spacial score (nSPS) is 11.9. The maximum atomic E-state index is 12.7. The second kappa shape index (κ2) is 7.81. The van der Waals surface area contributed by atoms with Gasteiger partial charge in [-0.25, -0.2) is 0 Å². The van der Waals surface area contributed by atoms with Crippen LogP contribution in [0.1, 0.15) is 18.1 Å². The van der Waals surface area contributed by atoms with Gasteiger partial charge in [0, 0.05) is 17.6 Å². The zero-order valence-electron chi connectivity index (χ0n) is 14.9. The van der Waals surface area contributed by atoms with Gasteiger partial charge < -0.3 is 5.32 Å². The van der Waals surface area contributed by atoms with Crippen LogP contribution in [0.3, 0.4) is 0 Å². The number of rotatable bonds is 5. The minimum atomic E-state index is -0.306. The summed E-state index contributed by atoms with van der Waals surface area (Å²) < 4.78 is 0. The molecule has 130 valence electrons. The number of nitriles is 1. The second-order valence-electron chi connectivity index (χ2n) is 6.42. The van der Waals surface area contributed by atoms with Gasteiger partial charge in [-0.3, -0.25) is 9.69 Å². The van der Waals surface area contributed by atoms with E-state index >= 15 is 0 Å². The van der Waals surface area contributed by atoms with Crippen molar-refractivity contribution < 1.29 is 4.79 Å². The van der Waals surface area contributed by atoms with Crippen molar-refractivity contribution >= 4 is 22.4 Å². The average Bonchev–Trinajstić information content (AvgIpc) is 2.67. The molecule has 0 fully saturated rings. The minimum Gasteiger partial charge on any atom is -0.324 e. The lowest BCUT2D eigenvalue weighted by molar-refractivity contribution is -0.120. The number of amides is 1. The van der Waals surface area contributed by atoms with Crippen molar-refractivity contribution in [3.63, 3.8) is 0 Å². The van der Waals surface area contributed by atoms with Crippen molar-refractivity contribution in [1.29, 1.82) is 5.26 Å². The lowest BCUT2D eigenvalue weighted by Crippen LogP contribution is -2.39. The number of hydrogen-bond donors (Lipinski definition) is 1. The molecule has 1 N–H and O–H groups in total. The van der Waals surface area contributed by atoms with E-state index in [9.17, 15) is 4.79 Å². The standard InChI is InChI=1S/C22H21N3O/c1-16(25(2)15-18-8-5-7-17(13-18)14-23)22(26)24-21-12-6-10-19-9-3-4-11-20(19)21/h3-13,16H,15H2,1-2H3,(H,24,26). The van der Waals surface area contributed by atoms with Crippen molar-refractivity contribution in [3.8, 4) is 6.07 Å². The van der Waals surface area contributed by atoms with Crippen molar-refractivity contribution in [2.75, 3.05) is 12.4 Å². The molecule has 26 heavy (non-hydrogen) atoms. The molecule has 0 bridgehead atoms. The highest BCUT2D eigenvalue weighted by molar-refractivity contribution is 6.03. The summed E-state index contributed by atoms with van der Waals surface area (Å²) >= 11 is 0. The molecule has 0 aliphatic heterocycles. The molecule has 3 aromatic carbocycles. The van der Waals surface area contributed by atoms with Gasteiger partial charge in [-0.05, 0) is 43.1 Å². The van der Waals surface area contributed by atoms with Gasteiger partial charge in [-0.1, -0.05) is 48.5 Å². The molecular formula is C22H21N3O. The Morgan fingerprint density at radius 1 is 1.12 bits per heavy atom. The second-order valence-corrected chi connectivity index (χ2v) is 6.42. The van der Waals surface area contributed by atoms with Crippen LogP contribution in [0.5, 0.6) is 0 Å². The van der Waals surface area contributed by atoms with E-state index in [-0.39, 0.29) is 11.9 Å². The van der Waals surface area contributed by atoms with Crippen molar-refractivity contribution in [3.05, 3.63) is 77.9 Å². The Balaban J connectivity index is 1.71.